The van der Waals surface area contributed by atoms with Gasteiger partial charge in [-0.05, 0) is 23.8 Å². The van der Waals surface area contributed by atoms with Crippen LogP contribution in [0.3, 0.4) is 0 Å². The predicted octanol–water partition coefficient (Wildman–Crippen LogP) is -0.397. The Labute approximate surface area is 181 Å². The van der Waals surface area contributed by atoms with Crippen LogP contribution in [0.15, 0.2) is 36.4 Å². The molecule has 2 aromatic rings. The summed E-state index contributed by atoms with van der Waals surface area (Å²) >= 11 is 0. The number of nitrogens with one attached hydrogen (secondary N) is 3. The van der Waals surface area contributed by atoms with Crippen molar-refractivity contribution in [2.75, 3.05) is 12.1 Å². The van der Waals surface area contributed by atoms with Gasteiger partial charge in [0, 0.05) is 11.6 Å². The highest BCUT2D eigenvalue weighted by molar-refractivity contribution is 6.01. The van der Waals surface area contributed by atoms with E-state index >= 15 is 0 Å². The first-order chi connectivity index (χ1) is 15.4. The quantitative estimate of drug-likeness (QED) is 0.329. The summed E-state index contributed by atoms with van der Waals surface area (Å²) in [6.45, 7) is -0.146. The summed E-state index contributed by atoms with van der Waals surface area (Å²) in [4.78, 5) is 25.4. The van der Waals surface area contributed by atoms with Crippen LogP contribution in [0.2, 0.25) is 0 Å². The zero-order valence-electron chi connectivity index (χ0n) is 16.6. The molecule has 0 radical (unpaired) electrons. The van der Waals surface area contributed by atoms with Gasteiger partial charge >= 0.3 is 6.03 Å². The van der Waals surface area contributed by atoms with E-state index in [-0.39, 0.29) is 29.4 Å². The smallest absolute Gasteiger partial charge is 0.319 e. The van der Waals surface area contributed by atoms with E-state index in [1.54, 1.807) is 30.3 Å². The summed E-state index contributed by atoms with van der Waals surface area (Å²) in [7, 11) is 0. The molecule has 6 atom stereocenters. The van der Waals surface area contributed by atoms with Gasteiger partial charge in [0.2, 0.25) is 12.5 Å². The van der Waals surface area contributed by atoms with Gasteiger partial charge < -0.3 is 45.9 Å². The van der Waals surface area contributed by atoms with E-state index in [0.717, 1.165) is 0 Å². The van der Waals surface area contributed by atoms with E-state index in [1.165, 1.54) is 6.07 Å². The number of phenols is 1. The number of urea groups is 1. The lowest BCUT2D eigenvalue weighted by molar-refractivity contribution is -0.116. The summed E-state index contributed by atoms with van der Waals surface area (Å²) in [5, 5.41) is 50.1. The van der Waals surface area contributed by atoms with E-state index < -0.39 is 54.0 Å². The van der Waals surface area contributed by atoms with Gasteiger partial charge in [-0.3, -0.25) is 4.79 Å². The van der Waals surface area contributed by atoms with Crippen molar-refractivity contribution in [1.82, 2.24) is 10.6 Å². The number of hydrogen-bond acceptors (Lipinski definition) is 8. The average molecular weight is 443 g/mol. The number of aliphatic hydroxyl groups excluding tert-OH is 3. The minimum Gasteiger partial charge on any atom is -0.504 e. The molecule has 5 rings (SSSR count). The molecule has 3 amide bonds. The van der Waals surface area contributed by atoms with Crippen molar-refractivity contribution in [2.45, 2.75) is 36.3 Å². The maximum Gasteiger partial charge on any atom is 0.319 e. The van der Waals surface area contributed by atoms with Gasteiger partial charge in [0.15, 0.2) is 11.5 Å². The summed E-state index contributed by atoms with van der Waals surface area (Å²) in [5.74, 6) is -1.81. The Balaban J connectivity index is 1.54. The molecule has 0 saturated heterocycles. The molecule has 6 unspecified atom stereocenters. The van der Waals surface area contributed by atoms with Gasteiger partial charge in [-0.15, -0.1) is 0 Å². The van der Waals surface area contributed by atoms with Gasteiger partial charge in [-0.1, -0.05) is 18.2 Å². The number of benzene rings is 2. The SMILES string of the molecule is O=C(Nc1ccccc1)NC1C(O)C(O)C(O)C2NC(=O)c3c(cc4c(c3O)OCO4)C12. The van der Waals surface area contributed by atoms with Crippen LogP contribution in [0.25, 0.3) is 0 Å². The van der Waals surface area contributed by atoms with E-state index in [0.29, 0.717) is 5.69 Å². The van der Waals surface area contributed by atoms with Crippen LogP contribution in [0.1, 0.15) is 21.8 Å². The van der Waals surface area contributed by atoms with Crippen LogP contribution in [0.4, 0.5) is 10.5 Å². The number of aromatic hydroxyl groups is 1. The fraction of sp³-hybridized carbons (Fsp3) is 0.333. The van der Waals surface area contributed by atoms with Crippen LogP contribution < -0.4 is 25.4 Å². The summed E-state index contributed by atoms with van der Waals surface area (Å²) < 4.78 is 10.6. The first-order valence-corrected chi connectivity index (χ1v) is 10.00. The summed E-state index contributed by atoms with van der Waals surface area (Å²) in [6.07, 6.45) is -4.72. The second-order valence-electron chi connectivity index (χ2n) is 7.91. The Morgan fingerprint density at radius 1 is 1.06 bits per heavy atom. The van der Waals surface area contributed by atoms with Crippen LogP contribution in [0, 0.1) is 0 Å². The number of ether oxygens (including phenoxy) is 2. The maximum atomic E-state index is 12.7. The normalized spacial score (nSPS) is 30.0. The predicted molar refractivity (Wildman–Crippen MR) is 109 cm³/mol. The topological polar surface area (TPSA) is 170 Å². The third-order valence-electron chi connectivity index (χ3n) is 6.09. The molecule has 0 spiro atoms. The standard InChI is InChI=1S/C21H21N3O8/c25-15-12-9(6-10-19(15)32-7-31-10)11-13(23-20(12)29)16(26)18(28)17(27)14(11)24-21(30)22-8-4-2-1-3-5-8/h1-6,11,13-14,16-18,25-28H,7H2,(H,23,29)(H2,22,24,30). The lowest BCUT2D eigenvalue weighted by atomic mass is 9.69. The van der Waals surface area contributed by atoms with Gasteiger partial charge in [-0.25, -0.2) is 4.79 Å². The Hall–Kier alpha value is -3.54. The molecule has 2 aromatic carbocycles. The number of anilines is 1. The van der Waals surface area contributed by atoms with Crippen molar-refractivity contribution in [3.63, 3.8) is 0 Å². The molecule has 168 valence electrons. The summed E-state index contributed by atoms with van der Waals surface area (Å²) in [5.41, 5.74) is 0.642. The monoisotopic (exact) mass is 443 g/mol. The molecule has 11 heteroatoms. The number of rotatable bonds is 2. The highest BCUT2D eigenvalue weighted by Crippen LogP contribution is 2.50. The number of para-hydroxylation sites is 1. The molecule has 1 saturated carbocycles. The largest absolute Gasteiger partial charge is 0.504 e. The number of amides is 3. The zero-order valence-corrected chi connectivity index (χ0v) is 16.6. The average Bonchev–Trinajstić information content (AvgIpc) is 3.25. The molecule has 32 heavy (non-hydrogen) atoms. The lowest BCUT2D eigenvalue weighted by Gasteiger charge is -2.49. The summed E-state index contributed by atoms with van der Waals surface area (Å²) in [6, 6.07) is 7.25. The number of phenolic OH excluding ortho intramolecular Hbond substituents is 1. The third-order valence-corrected chi connectivity index (χ3v) is 6.09. The first kappa shape index (κ1) is 20.4. The van der Waals surface area contributed by atoms with Crippen molar-refractivity contribution in [3.05, 3.63) is 47.5 Å². The van der Waals surface area contributed by atoms with Crippen molar-refractivity contribution in [1.29, 1.82) is 0 Å². The molecule has 7 N–H and O–H groups in total. The Kier molecular flexibility index (Phi) is 4.81. The molecular weight excluding hydrogens is 422 g/mol. The molecule has 0 aromatic heterocycles. The van der Waals surface area contributed by atoms with E-state index in [9.17, 15) is 30.0 Å². The number of carbonyl (C=O) groups excluding carboxylic acids is 2. The van der Waals surface area contributed by atoms with Crippen LogP contribution in [0.5, 0.6) is 17.2 Å². The van der Waals surface area contributed by atoms with E-state index in [2.05, 4.69) is 16.0 Å². The van der Waals surface area contributed by atoms with Gasteiger partial charge in [-0.2, -0.15) is 0 Å². The minimum atomic E-state index is -1.64. The Morgan fingerprint density at radius 2 is 1.81 bits per heavy atom. The molecule has 0 bridgehead atoms. The van der Waals surface area contributed by atoms with Crippen LogP contribution >= 0.6 is 0 Å². The zero-order chi connectivity index (χ0) is 22.6. The molecule has 2 heterocycles. The van der Waals surface area contributed by atoms with E-state index in [1.807, 2.05) is 0 Å². The Morgan fingerprint density at radius 3 is 2.56 bits per heavy atom. The van der Waals surface area contributed by atoms with Crippen molar-refractivity contribution >= 4 is 17.6 Å². The number of hydrogen-bond donors (Lipinski definition) is 7. The fourth-order valence-electron chi connectivity index (χ4n) is 4.62. The van der Waals surface area contributed by atoms with Gasteiger partial charge in [0.05, 0.1) is 17.6 Å². The molecule has 2 aliphatic heterocycles. The fourth-order valence-corrected chi connectivity index (χ4v) is 4.62. The van der Waals surface area contributed by atoms with Crippen molar-refractivity contribution in [3.8, 4) is 17.2 Å². The molecule has 3 aliphatic rings. The first-order valence-electron chi connectivity index (χ1n) is 10.00. The molecular formula is C21H21N3O8. The van der Waals surface area contributed by atoms with Gasteiger partial charge in [0.1, 0.15) is 18.3 Å². The molecule has 11 nitrogen and oxygen atoms in total. The van der Waals surface area contributed by atoms with Gasteiger partial charge in [0.25, 0.3) is 5.91 Å². The minimum absolute atomic E-state index is 0.0145. The number of aliphatic hydroxyl groups is 3. The lowest BCUT2D eigenvalue weighted by Crippen LogP contribution is -2.70. The van der Waals surface area contributed by atoms with Crippen molar-refractivity contribution < 1.29 is 39.5 Å². The van der Waals surface area contributed by atoms with Crippen molar-refractivity contribution in [2.24, 2.45) is 0 Å². The Bertz CT molecular complexity index is 1080. The van der Waals surface area contributed by atoms with Crippen LogP contribution in [-0.4, -0.2) is 69.6 Å². The van der Waals surface area contributed by atoms with E-state index in [4.69, 9.17) is 9.47 Å². The molecule has 1 fully saturated rings. The third kappa shape index (κ3) is 3.09. The maximum absolute atomic E-state index is 12.7. The van der Waals surface area contributed by atoms with Crippen LogP contribution in [-0.2, 0) is 0 Å². The highest BCUT2D eigenvalue weighted by atomic mass is 16.7. The number of fused-ring (bicyclic) bond motifs is 4. The second-order valence-corrected chi connectivity index (χ2v) is 7.91. The number of carbonyl (C=O) groups is 2. The second kappa shape index (κ2) is 7.55. The molecule has 1 aliphatic carbocycles. The highest BCUT2D eigenvalue weighted by Gasteiger charge is 2.54.